The lowest BCUT2D eigenvalue weighted by Gasteiger charge is -2.15. The van der Waals surface area contributed by atoms with Gasteiger partial charge < -0.3 is 14.6 Å². The van der Waals surface area contributed by atoms with E-state index < -0.39 is 6.10 Å². The summed E-state index contributed by atoms with van der Waals surface area (Å²) in [6, 6.07) is 0. The Bertz CT molecular complexity index is 671. The van der Waals surface area contributed by atoms with Gasteiger partial charge in [-0.25, -0.2) is 0 Å². The molecule has 0 aliphatic carbocycles. The van der Waals surface area contributed by atoms with Gasteiger partial charge in [-0.1, -0.05) is 160 Å². The lowest BCUT2D eigenvalue weighted by molar-refractivity contribution is -0.161. The summed E-state index contributed by atoms with van der Waals surface area (Å²) in [6.45, 7) is 4.11. The third-order valence-electron chi connectivity index (χ3n) is 8.25. The Morgan fingerprint density at radius 1 is 0.523 bits per heavy atom. The second-order valence-electron chi connectivity index (χ2n) is 12.7. The maximum Gasteiger partial charge on any atom is 0.306 e. The van der Waals surface area contributed by atoms with Crippen LogP contribution in [-0.2, 0) is 19.1 Å². The van der Waals surface area contributed by atoms with E-state index in [4.69, 9.17) is 9.47 Å². The molecule has 0 aromatic carbocycles. The van der Waals surface area contributed by atoms with Gasteiger partial charge in [-0.3, -0.25) is 9.59 Å². The van der Waals surface area contributed by atoms with Crippen LogP contribution in [0.4, 0.5) is 0 Å². The van der Waals surface area contributed by atoms with E-state index in [2.05, 4.69) is 38.2 Å². The molecule has 0 aliphatic heterocycles. The minimum absolute atomic E-state index is 0.0650. The van der Waals surface area contributed by atoms with E-state index in [1.807, 2.05) is 0 Å². The summed E-state index contributed by atoms with van der Waals surface area (Å²) in [5.74, 6) is -0.594. The highest BCUT2D eigenvalue weighted by Crippen LogP contribution is 2.14. The van der Waals surface area contributed by atoms with Crippen molar-refractivity contribution in [1.82, 2.24) is 0 Å². The van der Waals surface area contributed by atoms with Gasteiger partial charge in [-0.2, -0.15) is 0 Å². The topological polar surface area (TPSA) is 72.8 Å². The average molecular weight is 621 g/mol. The van der Waals surface area contributed by atoms with Crippen LogP contribution in [0.15, 0.2) is 24.3 Å². The van der Waals surface area contributed by atoms with Crippen molar-refractivity contribution in [2.24, 2.45) is 0 Å². The van der Waals surface area contributed by atoms with Crippen LogP contribution in [0.3, 0.4) is 0 Å². The largest absolute Gasteiger partial charge is 0.462 e. The molecule has 5 heteroatoms. The number of esters is 2. The van der Waals surface area contributed by atoms with Crippen LogP contribution in [0.25, 0.3) is 0 Å². The predicted molar refractivity (Wildman–Crippen MR) is 187 cm³/mol. The molecule has 0 saturated heterocycles. The summed E-state index contributed by atoms with van der Waals surface area (Å²) < 4.78 is 10.6. The van der Waals surface area contributed by atoms with Gasteiger partial charge in [-0.15, -0.1) is 0 Å². The van der Waals surface area contributed by atoms with E-state index in [9.17, 15) is 14.7 Å². The first kappa shape index (κ1) is 42.4. The number of carbonyl (C=O) groups excluding carboxylic acids is 2. The molecule has 0 amide bonds. The molecule has 0 heterocycles. The smallest absolute Gasteiger partial charge is 0.306 e. The number of carbonyl (C=O) groups is 2. The summed E-state index contributed by atoms with van der Waals surface area (Å²) >= 11 is 0. The molecule has 0 radical (unpaired) electrons. The summed E-state index contributed by atoms with van der Waals surface area (Å²) in [5, 5.41) is 9.53. The zero-order valence-electron chi connectivity index (χ0n) is 29.2. The number of aliphatic hydroxyl groups excluding tert-OH is 1. The van der Waals surface area contributed by atoms with Crippen molar-refractivity contribution in [3.05, 3.63) is 24.3 Å². The van der Waals surface area contributed by atoms with Crippen molar-refractivity contribution in [3.63, 3.8) is 0 Å². The third-order valence-corrected chi connectivity index (χ3v) is 8.25. The molecule has 258 valence electrons. The molecule has 1 N–H and O–H groups in total. The summed E-state index contributed by atoms with van der Waals surface area (Å²) in [6.07, 6.45) is 40.9. The molecule has 0 saturated carbocycles. The highest BCUT2D eigenvalue weighted by atomic mass is 16.6. The van der Waals surface area contributed by atoms with Crippen LogP contribution < -0.4 is 0 Å². The van der Waals surface area contributed by atoms with Crippen LogP contribution in [0.1, 0.15) is 194 Å². The quantitative estimate of drug-likeness (QED) is 0.0440. The summed E-state index contributed by atoms with van der Waals surface area (Å²) in [4.78, 5) is 24.2. The molecule has 0 spiro atoms. The Morgan fingerprint density at radius 2 is 0.909 bits per heavy atom. The van der Waals surface area contributed by atoms with Crippen LogP contribution in [-0.4, -0.2) is 36.4 Å². The average Bonchev–Trinajstić information content (AvgIpc) is 3.02. The third kappa shape index (κ3) is 33.3. The normalized spacial score (nSPS) is 12.3. The van der Waals surface area contributed by atoms with E-state index in [1.165, 1.54) is 116 Å². The second kappa shape index (κ2) is 35.9. The first-order valence-electron chi connectivity index (χ1n) is 18.9. The molecule has 0 aliphatic rings. The van der Waals surface area contributed by atoms with Gasteiger partial charge in [0.2, 0.25) is 0 Å². The van der Waals surface area contributed by atoms with Gasteiger partial charge in [0, 0.05) is 12.8 Å². The fourth-order valence-corrected chi connectivity index (χ4v) is 5.35. The molecule has 0 aromatic heterocycles. The van der Waals surface area contributed by atoms with Crippen molar-refractivity contribution in [3.8, 4) is 0 Å². The number of ether oxygens (including phenoxy) is 2. The van der Waals surface area contributed by atoms with Crippen molar-refractivity contribution in [2.75, 3.05) is 13.2 Å². The van der Waals surface area contributed by atoms with Crippen LogP contribution >= 0.6 is 0 Å². The Labute approximate surface area is 273 Å². The highest BCUT2D eigenvalue weighted by Gasteiger charge is 2.16. The Morgan fingerprint density at radius 3 is 1.39 bits per heavy atom. The van der Waals surface area contributed by atoms with Gasteiger partial charge in [0.15, 0.2) is 6.10 Å². The fourth-order valence-electron chi connectivity index (χ4n) is 5.35. The maximum atomic E-state index is 12.1. The maximum absolute atomic E-state index is 12.1. The van der Waals surface area contributed by atoms with Gasteiger partial charge >= 0.3 is 11.9 Å². The minimum Gasteiger partial charge on any atom is -0.462 e. The molecule has 44 heavy (non-hydrogen) atoms. The molecular formula is C39H72O5. The fraction of sp³-hybridized carbons (Fsp3) is 0.846. The van der Waals surface area contributed by atoms with Crippen molar-refractivity contribution in [1.29, 1.82) is 0 Å². The minimum atomic E-state index is -0.769. The Hall–Kier alpha value is -1.62. The number of unbranched alkanes of at least 4 members (excludes halogenated alkanes) is 22. The van der Waals surface area contributed by atoms with Crippen LogP contribution in [0.2, 0.25) is 0 Å². The molecule has 5 nitrogen and oxygen atoms in total. The van der Waals surface area contributed by atoms with E-state index in [0.717, 1.165) is 51.4 Å². The Kier molecular flexibility index (Phi) is 34.5. The number of hydrogen-bond donors (Lipinski definition) is 1. The highest BCUT2D eigenvalue weighted by molar-refractivity contribution is 5.70. The number of aliphatic hydroxyl groups is 1. The van der Waals surface area contributed by atoms with Crippen LogP contribution in [0, 0.1) is 0 Å². The monoisotopic (exact) mass is 621 g/mol. The van der Waals surface area contributed by atoms with Crippen molar-refractivity contribution < 1.29 is 24.2 Å². The van der Waals surface area contributed by atoms with E-state index >= 15 is 0 Å². The standard InChI is InChI=1S/C39H72O5/c1-3-5-7-9-11-13-15-17-18-19-20-22-24-26-28-30-32-34-39(42)44-37(35-40)36-43-38(41)33-31-29-27-25-23-21-16-14-12-10-8-6-4-2/h11,13,17-18,37,40H,3-10,12,14-16,19-36H2,1-2H3/b13-11-,18-17-. The zero-order valence-corrected chi connectivity index (χ0v) is 29.2. The van der Waals surface area contributed by atoms with Gasteiger partial charge in [0.1, 0.15) is 6.61 Å². The first-order chi connectivity index (χ1) is 21.6. The number of rotatable bonds is 34. The lowest BCUT2D eigenvalue weighted by Crippen LogP contribution is -2.28. The molecular weight excluding hydrogens is 548 g/mol. The number of hydrogen-bond acceptors (Lipinski definition) is 5. The van der Waals surface area contributed by atoms with Gasteiger partial charge in [0.05, 0.1) is 6.61 Å². The summed E-state index contributed by atoms with van der Waals surface area (Å²) in [7, 11) is 0. The molecule has 1 unspecified atom stereocenters. The van der Waals surface area contributed by atoms with Crippen molar-refractivity contribution in [2.45, 2.75) is 200 Å². The summed E-state index contributed by atoms with van der Waals surface area (Å²) in [5.41, 5.74) is 0. The van der Waals surface area contributed by atoms with Gasteiger partial charge in [-0.05, 0) is 44.9 Å². The Balaban J connectivity index is 3.56. The van der Waals surface area contributed by atoms with Gasteiger partial charge in [0.25, 0.3) is 0 Å². The van der Waals surface area contributed by atoms with Crippen LogP contribution in [0.5, 0.6) is 0 Å². The molecule has 0 rings (SSSR count). The molecule has 0 aromatic rings. The SMILES string of the molecule is CCCCC/C=C\C/C=C\CCCCCCCCCC(=O)OC(CO)COC(=O)CCCCCCCCCCCCCCC. The predicted octanol–water partition coefficient (Wildman–Crippen LogP) is 11.5. The van der Waals surface area contributed by atoms with Crippen molar-refractivity contribution >= 4 is 11.9 Å². The van der Waals surface area contributed by atoms with E-state index in [0.29, 0.717) is 12.8 Å². The van der Waals surface area contributed by atoms with E-state index in [-0.39, 0.29) is 25.2 Å². The lowest BCUT2D eigenvalue weighted by atomic mass is 10.0. The van der Waals surface area contributed by atoms with E-state index in [1.54, 1.807) is 0 Å². The molecule has 0 fully saturated rings. The molecule has 0 bridgehead atoms. The molecule has 1 atom stereocenters. The zero-order chi connectivity index (χ0) is 32.2. The second-order valence-corrected chi connectivity index (χ2v) is 12.7. The first-order valence-corrected chi connectivity index (χ1v) is 18.9. The number of allylic oxidation sites excluding steroid dienone is 4.